The lowest BCUT2D eigenvalue weighted by Gasteiger charge is -2.19. The van der Waals surface area contributed by atoms with E-state index in [0.717, 1.165) is 40.3 Å². The summed E-state index contributed by atoms with van der Waals surface area (Å²) in [5.74, 6) is 0.663. The third-order valence-electron chi connectivity index (χ3n) is 6.29. The predicted octanol–water partition coefficient (Wildman–Crippen LogP) is 4.37. The summed E-state index contributed by atoms with van der Waals surface area (Å²) in [7, 11) is 3.65. The number of nitrogens with one attached hydrogen (secondary N) is 1. The van der Waals surface area contributed by atoms with Crippen LogP contribution in [-0.2, 0) is 11.2 Å². The fourth-order valence-corrected chi connectivity index (χ4v) is 4.18. The maximum absolute atomic E-state index is 13.0. The number of methoxy groups -OCH3 is 1. The molecule has 176 valence electrons. The number of ether oxygens (including phenoxy) is 1. The van der Waals surface area contributed by atoms with Gasteiger partial charge in [-0.25, -0.2) is 4.99 Å². The van der Waals surface area contributed by atoms with Crippen LogP contribution in [0.1, 0.15) is 34.5 Å². The Hall–Kier alpha value is -3.48. The molecule has 4 rings (SSSR count). The summed E-state index contributed by atoms with van der Waals surface area (Å²) >= 11 is 0. The third-order valence-corrected chi connectivity index (χ3v) is 6.29. The highest BCUT2D eigenvalue weighted by Crippen LogP contribution is 2.34. The number of amides is 1. The molecule has 6 nitrogen and oxygen atoms in total. The molecule has 1 aliphatic carbocycles. The van der Waals surface area contributed by atoms with Gasteiger partial charge in [-0.3, -0.25) is 4.79 Å². The van der Waals surface area contributed by atoms with Crippen molar-refractivity contribution in [3.8, 4) is 11.1 Å². The second-order valence-electron chi connectivity index (χ2n) is 8.62. The minimum Gasteiger partial charge on any atom is -0.390 e. The molecule has 6 heteroatoms. The van der Waals surface area contributed by atoms with Gasteiger partial charge in [0.05, 0.1) is 24.4 Å². The smallest absolute Gasteiger partial charge is 0.251 e. The lowest BCUT2D eigenvalue weighted by atomic mass is 10.0. The van der Waals surface area contributed by atoms with Crippen LogP contribution in [0.2, 0.25) is 0 Å². The van der Waals surface area contributed by atoms with Crippen LogP contribution in [0.25, 0.3) is 11.1 Å². The number of aliphatic imine (C=N–C) groups is 1. The molecule has 2 unspecified atom stereocenters. The average molecular weight is 458 g/mol. The van der Waals surface area contributed by atoms with Crippen molar-refractivity contribution in [3.05, 3.63) is 89.5 Å². The van der Waals surface area contributed by atoms with Crippen molar-refractivity contribution in [1.29, 1.82) is 0 Å². The Bertz CT molecular complexity index is 1160. The fraction of sp³-hybridized carbons (Fsp3) is 0.286. The van der Waals surface area contributed by atoms with Crippen LogP contribution < -0.4 is 5.32 Å². The Morgan fingerprint density at radius 1 is 1.09 bits per heavy atom. The van der Waals surface area contributed by atoms with E-state index in [0.29, 0.717) is 18.6 Å². The van der Waals surface area contributed by atoms with Crippen molar-refractivity contribution < 1.29 is 14.6 Å². The maximum atomic E-state index is 13.0. The highest BCUT2D eigenvalue weighted by Gasteiger charge is 2.32. The van der Waals surface area contributed by atoms with E-state index in [-0.39, 0.29) is 5.91 Å². The lowest BCUT2D eigenvalue weighted by molar-refractivity contribution is 0.0858. The molecule has 0 heterocycles. The van der Waals surface area contributed by atoms with E-state index >= 15 is 0 Å². The molecule has 3 aromatic carbocycles. The largest absolute Gasteiger partial charge is 0.390 e. The molecule has 0 radical (unpaired) electrons. The third kappa shape index (κ3) is 5.35. The summed E-state index contributed by atoms with van der Waals surface area (Å²) in [5, 5.41) is 13.7. The summed E-state index contributed by atoms with van der Waals surface area (Å²) in [6.45, 7) is 3.33. The first-order chi connectivity index (χ1) is 16.5. The van der Waals surface area contributed by atoms with Crippen LogP contribution in [0.3, 0.4) is 0 Å². The van der Waals surface area contributed by atoms with Crippen LogP contribution in [-0.4, -0.2) is 55.2 Å². The van der Waals surface area contributed by atoms with Gasteiger partial charge in [-0.2, -0.15) is 0 Å². The number of aliphatic hydroxyl groups is 1. The van der Waals surface area contributed by atoms with Gasteiger partial charge in [0, 0.05) is 32.7 Å². The predicted molar refractivity (Wildman–Crippen MR) is 136 cm³/mol. The fourth-order valence-electron chi connectivity index (χ4n) is 4.18. The van der Waals surface area contributed by atoms with Gasteiger partial charge in [-0.15, -0.1) is 0 Å². The summed E-state index contributed by atoms with van der Waals surface area (Å²) in [4.78, 5) is 19.7. The van der Waals surface area contributed by atoms with Crippen LogP contribution in [0.4, 0.5) is 5.69 Å². The molecule has 0 saturated heterocycles. The summed E-state index contributed by atoms with van der Waals surface area (Å²) in [6, 6.07) is 23.0. The Morgan fingerprint density at radius 3 is 2.50 bits per heavy atom. The molecular weight excluding hydrogens is 426 g/mol. The van der Waals surface area contributed by atoms with Crippen molar-refractivity contribution in [3.63, 3.8) is 0 Å². The quantitative estimate of drug-likeness (QED) is 0.408. The average Bonchev–Trinajstić information content (AvgIpc) is 3.17. The molecular formula is C28H31N3O3. The number of amidine groups is 1. The topological polar surface area (TPSA) is 74.2 Å². The number of aliphatic hydroxyl groups excluding tert-OH is 1. The zero-order chi connectivity index (χ0) is 24.1. The van der Waals surface area contributed by atoms with Crippen LogP contribution in [0.5, 0.6) is 0 Å². The molecule has 34 heavy (non-hydrogen) atoms. The highest BCUT2D eigenvalue weighted by molar-refractivity contribution is 5.95. The summed E-state index contributed by atoms with van der Waals surface area (Å²) in [5.41, 5.74) is 5.45. The molecule has 0 fully saturated rings. The summed E-state index contributed by atoms with van der Waals surface area (Å²) in [6.07, 6.45) is -0.170. The van der Waals surface area contributed by atoms with E-state index in [1.807, 2.05) is 91.7 Å². The number of nitrogens with zero attached hydrogens (tertiary/aromatic N) is 2. The van der Waals surface area contributed by atoms with E-state index in [1.54, 1.807) is 7.11 Å². The van der Waals surface area contributed by atoms with Crippen molar-refractivity contribution in [2.24, 2.45) is 4.99 Å². The zero-order valence-corrected chi connectivity index (χ0v) is 19.9. The number of hydrogen-bond acceptors (Lipinski definition) is 4. The number of fused-ring (bicyclic) bond motifs is 1. The number of rotatable bonds is 7. The Labute approximate surface area is 200 Å². The van der Waals surface area contributed by atoms with Crippen LogP contribution in [0.15, 0.2) is 77.8 Å². The number of carbonyl (C=O) groups is 1. The Balaban J connectivity index is 1.49. The molecule has 2 atom stereocenters. The van der Waals surface area contributed by atoms with E-state index in [1.165, 1.54) is 0 Å². The molecule has 1 aliphatic rings. The second kappa shape index (κ2) is 10.6. The molecule has 2 N–H and O–H groups in total. The number of likely N-dealkylation sites (N-methyl/N-ethyl adjacent to an activating group) is 1. The number of benzene rings is 3. The van der Waals surface area contributed by atoms with Crippen LogP contribution >= 0.6 is 0 Å². The molecule has 0 saturated carbocycles. The van der Waals surface area contributed by atoms with Gasteiger partial charge < -0.3 is 20.1 Å². The minimum absolute atomic E-state index is 0.208. The van der Waals surface area contributed by atoms with Crippen molar-refractivity contribution in [1.82, 2.24) is 10.2 Å². The molecule has 0 spiro atoms. The van der Waals surface area contributed by atoms with E-state index < -0.39 is 12.1 Å². The summed E-state index contributed by atoms with van der Waals surface area (Å²) < 4.78 is 5.14. The van der Waals surface area contributed by atoms with Gasteiger partial charge >= 0.3 is 0 Å². The zero-order valence-electron chi connectivity index (χ0n) is 19.9. The first-order valence-electron chi connectivity index (χ1n) is 11.5. The number of hydrogen-bond donors (Lipinski definition) is 2. The van der Waals surface area contributed by atoms with Crippen molar-refractivity contribution >= 4 is 17.4 Å². The van der Waals surface area contributed by atoms with Crippen molar-refractivity contribution in [2.75, 3.05) is 27.3 Å². The minimum atomic E-state index is -0.674. The lowest BCUT2D eigenvalue weighted by Crippen LogP contribution is -2.33. The normalized spacial score (nSPS) is 17.4. The molecule has 1 amide bonds. The monoisotopic (exact) mass is 457 g/mol. The second-order valence-corrected chi connectivity index (χ2v) is 8.62. The van der Waals surface area contributed by atoms with Gasteiger partial charge in [-0.1, -0.05) is 48.5 Å². The van der Waals surface area contributed by atoms with E-state index in [9.17, 15) is 9.90 Å². The first-order valence-corrected chi connectivity index (χ1v) is 11.5. The van der Waals surface area contributed by atoms with Crippen LogP contribution in [0, 0.1) is 0 Å². The standard InChI is InChI=1S/C28H31N3O3/c1-19(31(2)15-16-34-3)29-24-14-13-23-17-26(32)27(25(23)18-24)30-28(33)22-11-9-21(10-12-22)20-7-5-4-6-8-20/h4-14,18,26-27,32H,15-17H2,1-3H3,(H,30,33). The molecule has 3 aromatic rings. The number of carbonyl (C=O) groups excluding carboxylic acids is 1. The molecule has 0 bridgehead atoms. The van der Waals surface area contributed by atoms with Crippen molar-refractivity contribution in [2.45, 2.75) is 25.5 Å². The first kappa shape index (κ1) is 23.7. The maximum Gasteiger partial charge on any atom is 0.251 e. The SMILES string of the molecule is COCCN(C)C(C)=Nc1ccc2c(c1)C(NC(=O)c1ccc(-c3ccccc3)cc1)C(O)C2. The van der Waals surface area contributed by atoms with Gasteiger partial charge in [0.1, 0.15) is 5.84 Å². The Kier molecular flexibility index (Phi) is 7.40. The molecule has 0 aliphatic heterocycles. The van der Waals surface area contributed by atoms with Gasteiger partial charge in [0.2, 0.25) is 0 Å². The van der Waals surface area contributed by atoms with Gasteiger partial charge in [0.25, 0.3) is 5.91 Å². The highest BCUT2D eigenvalue weighted by atomic mass is 16.5. The van der Waals surface area contributed by atoms with E-state index in [4.69, 9.17) is 9.73 Å². The Morgan fingerprint density at radius 2 is 1.79 bits per heavy atom. The van der Waals surface area contributed by atoms with Gasteiger partial charge in [0.15, 0.2) is 0 Å². The van der Waals surface area contributed by atoms with Gasteiger partial charge in [-0.05, 0) is 53.4 Å². The molecule has 0 aromatic heterocycles. The van der Waals surface area contributed by atoms with E-state index in [2.05, 4.69) is 5.32 Å².